The van der Waals surface area contributed by atoms with Gasteiger partial charge in [0.25, 0.3) is 0 Å². The summed E-state index contributed by atoms with van der Waals surface area (Å²) in [5, 5.41) is 8.28. The van der Waals surface area contributed by atoms with E-state index in [2.05, 4.69) is 174 Å². The zero-order valence-corrected chi connectivity index (χ0v) is 28.1. The molecule has 3 heteroatoms. The lowest BCUT2D eigenvalue weighted by Crippen LogP contribution is -1.97. The third kappa shape index (κ3) is 4.43. The van der Waals surface area contributed by atoms with Crippen molar-refractivity contribution in [2.24, 2.45) is 0 Å². The minimum Gasteiger partial charge on any atom is -0.456 e. The third-order valence-corrected chi connectivity index (χ3v) is 10.5. The number of aromatic nitrogens is 2. The first-order chi connectivity index (χ1) is 25.8. The summed E-state index contributed by atoms with van der Waals surface area (Å²) < 4.78 is 8.63. The van der Waals surface area contributed by atoms with Crippen LogP contribution in [0.3, 0.4) is 0 Å². The molecular formula is C49H30N2O. The fourth-order valence-electron chi connectivity index (χ4n) is 8.16. The van der Waals surface area contributed by atoms with Crippen LogP contribution in [0.25, 0.3) is 105 Å². The zero-order chi connectivity index (χ0) is 34.2. The van der Waals surface area contributed by atoms with Gasteiger partial charge in [0.1, 0.15) is 11.2 Å². The smallest absolute Gasteiger partial charge is 0.135 e. The van der Waals surface area contributed by atoms with Crippen molar-refractivity contribution < 1.29 is 4.42 Å². The lowest BCUT2D eigenvalue weighted by atomic mass is 9.93. The minimum absolute atomic E-state index is 0.889. The maximum Gasteiger partial charge on any atom is 0.135 e. The quantitative estimate of drug-likeness (QED) is 0.176. The number of rotatable bonds is 4. The van der Waals surface area contributed by atoms with Crippen LogP contribution in [-0.4, -0.2) is 9.55 Å². The first-order valence-corrected chi connectivity index (χ1v) is 17.7. The van der Waals surface area contributed by atoms with E-state index in [1.807, 2.05) is 12.1 Å². The molecule has 0 bridgehead atoms. The Balaban J connectivity index is 1.22. The molecule has 3 heterocycles. The third-order valence-electron chi connectivity index (χ3n) is 10.5. The summed E-state index contributed by atoms with van der Waals surface area (Å²) in [6.07, 6.45) is 0. The van der Waals surface area contributed by atoms with Crippen molar-refractivity contribution in [1.29, 1.82) is 0 Å². The Hall–Kier alpha value is -6.97. The number of furan rings is 1. The van der Waals surface area contributed by atoms with Gasteiger partial charge in [0.05, 0.1) is 22.2 Å². The van der Waals surface area contributed by atoms with Gasteiger partial charge in [-0.25, -0.2) is 4.98 Å². The van der Waals surface area contributed by atoms with Gasteiger partial charge in [-0.05, 0) is 93.7 Å². The Bertz CT molecular complexity index is 3130. The molecule has 0 fully saturated rings. The molecule has 3 nitrogen and oxygen atoms in total. The number of benzene rings is 8. The van der Waals surface area contributed by atoms with Crippen LogP contribution in [0.1, 0.15) is 0 Å². The Kier molecular flexibility index (Phi) is 6.25. The van der Waals surface area contributed by atoms with Crippen LogP contribution in [-0.2, 0) is 0 Å². The van der Waals surface area contributed by atoms with E-state index in [0.29, 0.717) is 0 Å². The van der Waals surface area contributed by atoms with Crippen LogP contribution in [0.15, 0.2) is 186 Å². The number of fused-ring (bicyclic) bond motifs is 9. The second kappa shape index (κ2) is 11.3. The van der Waals surface area contributed by atoms with Gasteiger partial charge in [-0.2, -0.15) is 0 Å². The van der Waals surface area contributed by atoms with Gasteiger partial charge in [-0.1, -0.05) is 121 Å². The maximum absolute atomic E-state index is 6.23. The zero-order valence-electron chi connectivity index (χ0n) is 28.1. The van der Waals surface area contributed by atoms with E-state index in [0.717, 1.165) is 55.5 Å². The van der Waals surface area contributed by atoms with Crippen molar-refractivity contribution in [1.82, 2.24) is 9.55 Å². The molecule has 0 aliphatic carbocycles. The topological polar surface area (TPSA) is 31.0 Å². The van der Waals surface area contributed by atoms with Crippen LogP contribution >= 0.6 is 0 Å². The molecule has 0 spiro atoms. The normalized spacial score (nSPS) is 11.8. The largest absolute Gasteiger partial charge is 0.456 e. The molecule has 3 aromatic heterocycles. The summed E-state index contributed by atoms with van der Waals surface area (Å²) in [6, 6.07) is 65.1. The van der Waals surface area contributed by atoms with Gasteiger partial charge in [0.15, 0.2) is 0 Å². The van der Waals surface area contributed by atoms with E-state index in [4.69, 9.17) is 9.40 Å². The highest BCUT2D eigenvalue weighted by Gasteiger charge is 2.18. The summed E-state index contributed by atoms with van der Waals surface area (Å²) >= 11 is 0. The highest BCUT2D eigenvalue weighted by Crippen LogP contribution is 2.40. The molecule has 242 valence electrons. The van der Waals surface area contributed by atoms with Crippen LogP contribution in [0.5, 0.6) is 0 Å². The fraction of sp³-hybridized carbons (Fsp3) is 0. The van der Waals surface area contributed by atoms with Gasteiger partial charge < -0.3 is 8.98 Å². The highest BCUT2D eigenvalue weighted by molar-refractivity contribution is 6.14. The first-order valence-electron chi connectivity index (χ1n) is 17.7. The summed E-state index contributed by atoms with van der Waals surface area (Å²) in [5.74, 6) is 0. The molecular weight excluding hydrogens is 633 g/mol. The van der Waals surface area contributed by atoms with Crippen LogP contribution in [0.4, 0.5) is 0 Å². The van der Waals surface area contributed by atoms with E-state index in [1.54, 1.807) is 0 Å². The molecule has 0 aliphatic rings. The van der Waals surface area contributed by atoms with Gasteiger partial charge >= 0.3 is 0 Å². The Morgan fingerprint density at radius 3 is 1.87 bits per heavy atom. The average Bonchev–Trinajstić information content (AvgIpc) is 3.76. The molecule has 0 N–H and O–H groups in total. The van der Waals surface area contributed by atoms with Crippen molar-refractivity contribution >= 4 is 65.4 Å². The fourth-order valence-corrected chi connectivity index (χ4v) is 8.16. The van der Waals surface area contributed by atoms with Gasteiger partial charge in [0, 0.05) is 38.2 Å². The Labute approximate surface area is 299 Å². The van der Waals surface area contributed by atoms with Gasteiger partial charge in [0.2, 0.25) is 0 Å². The summed E-state index contributed by atoms with van der Waals surface area (Å²) in [6.45, 7) is 0. The molecule has 0 saturated carbocycles. The second-order valence-electron chi connectivity index (χ2n) is 13.5. The lowest BCUT2D eigenvalue weighted by Gasteiger charge is -2.16. The van der Waals surface area contributed by atoms with Gasteiger partial charge in [-0.3, -0.25) is 0 Å². The molecule has 0 saturated heterocycles. The van der Waals surface area contributed by atoms with Gasteiger partial charge in [-0.15, -0.1) is 0 Å². The number of hydrogen-bond acceptors (Lipinski definition) is 2. The van der Waals surface area contributed by atoms with Crippen molar-refractivity contribution in [3.63, 3.8) is 0 Å². The van der Waals surface area contributed by atoms with E-state index >= 15 is 0 Å². The van der Waals surface area contributed by atoms with E-state index in [1.165, 1.54) is 49.1 Å². The van der Waals surface area contributed by atoms with Crippen molar-refractivity contribution in [3.8, 4) is 39.2 Å². The van der Waals surface area contributed by atoms with Crippen molar-refractivity contribution in [2.75, 3.05) is 0 Å². The molecule has 0 radical (unpaired) electrons. The summed E-state index contributed by atoms with van der Waals surface area (Å²) in [5.41, 5.74) is 12.8. The van der Waals surface area contributed by atoms with E-state index in [-0.39, 0.29) is 0 Å². The van der Waals surface area contributed by atoms with Crippen LogP contribution in [0.2, 0.25) is 0 Å². The molecule has 52 heavy (non-hydrogen) atoms. The molecule has 0 unspecified atom stereocenters. The molecule has 8 aromatic carbocycles. The van der Waals surface area contributed by atoms with E-state index < -0.39 is 0 Å². The number of pyridine rings is 1. The summed E-state index contributed by atoms with van der Waals surface area (Å²) in [7, 11) is 0. The van der Waals surface area contributed by atoms with Crippen molar-refractivity contribution in [2.45, 2.75) is 0 Å². The molecule has 11 rings (SSSR count). The SMILES string of the molecule is c1ccc(-c2cc(-c3cc(-c4ccc5oc6ccccc6c5c4)cc(-n4c5ccccc5c5ccccc54)c3)nc3ccc4ccccc4c23)cc1. The number of nitrogens with zero attached hydrogens (tertiary/aromatic N) is 2. The highest BCUT2D eigenvalue weighted by atomic mass is 16.3. The number of para-hydroxylation sites is 3. The predicted molar refractivity (Wildman–Crippen MR) is 217 cm³/mol. The molecule has 0 aliphatic heterocycles. The monoisotopic (exact) mass is 662 g/mol. The Morgan fingerprint density at radius 2 is 1.06 bits per heavy atom. The Morgan fingerprint density at radius 1 is 0.404 bits per heavy atom. The lowest BCUT2D eigenvalue weighted by molar-refractivity contribution is 0.669. The molecule has 11 aromatic rings. The first kappa shape index (κ1) is 28.8. The number of hydrogen-bond donors (Lipinski definition) is 0. The van der Waals surface area contributed by atoms with Crippen LogP contribution in [0, 0.1) is 0 Å². The summed E-state index contributed by atoms with van der Waals surface area (Å²) in [4.78, 5) is 5.42. The average molecular weight is 663 g/mol. The second-order valence-corrected chi connectivity index (χ2v) is 13.5. The minimum atomic E-state index is 0.889. The molecule has 0 atom stereocenters. The maximum atomic E-state index is 6.23. The standard InChI is InChI=1S/C49H30N2O/c1-2-12-31(13-3-1)41-30-44(50-43-24-22-32-14-4-5-15-37(32)49(41)43)35-26-34(33-23-25-48-42(29-33)40-18-8-11-21-47(40)52-48)27-36(28-35)51-45-19-9-6-16-38(45)39-17-7-10-20-46(39)51/h1-30H. The predicted octanol–water partition coefficient (Wildman–Crippen LogP) is 13.4. The van der Waals surface area contributed by atoms with Crippen molar-refractivity contribution in [3.05, 3.63) is 182 Å². The van der Waals surface area contributed by atoms with E-state index in [9.17, 15) is 0 Å². The van der Waals surface area contributed by atoms with Crippen LogP contribution < -0.4 is 0 Å². The molecule has 0 amide bonds.